The molecule has 0 aliphatic heterocycles. The maximum absolute atomic E-state index is 12.7. The van der Waals surface area contributed by atoms with Crippen molar-refractivity contribution in [1.82, 2.24) is 20.6 Å². The summed E-state index contributed by atoms with van der Waals surface area (Å²) in [4.78, 5) is 21.3. The Balaban J connectivity index is 1.47. The predicted molar refractivity (Wildman–Crippen MR) is 124 cm³/mol. The number of hydrogen-bond donors (Lipinski definition) is 3. The summed E-state index contributed by atoms with van der Waals surface area (Å²) in [6.07, 6.45) is 3.54. The van der Waals surface area contributed by atoms with Crippen molar-refractivity contribution in [3.05, 3.63) is 89.9 Å². The number of hydrogen-bond acceptors (Lipinski definition) is 5. The van der Waals surface area contributed by atoms with Gasteiger partial charge >= 0.3 is 0 Å². The minimum Gasteiger partial charge on any atom is -0.366 e. The number of rotatable bonds is 10. The first-order chi connectivity index (χ1) is 14.6. The molecule has 156 valence electrons. The first-order valence-corrected chi connectivity index (χ1v) is 11.4. The fourth-order valence-corrected chi connectivity index (χ4v) is 3.62. The lowest BCUT2D eigenvalue weighted by Gasteiger charge is -2.21. The number of anilines is 1. The third-order valence-corrected chi connectivity index (χ3v) is 5.47. The van der Waals surface area contributed by atoms with Crippen molar-refractivity contribution < 1.29 is 4.79 Å². The van der Waals surface area contributed by atoms with Crippen LogP contribution in [0.3, 0.4) is 0 Å². The Bertz CT molecular complexity index is 904. The van der Waals surface area contributed by atoms with Crippen LogP contribution in [-0.2, 0) is 24.4 Å². The monoisotopic (exact) mass is 419 g/mol. The standard InChI is InChI=1S/C23H29N5OSi/c1-17(30)22(27-16-20-6-2-4-12-24-20)23(29)28-15-19-10-8-18(9-11-19)14-26-21-7-3-5-13-25-21/h2-13,17,22,27H,14-16H2,1,30H3,(H,25,26)(H,28,29)/t17?,22-/m0/s1. The lowest BCUT2D eigenvalue weighted by atomic mass is 10.1. The van der Waals surface area contributed by atoms with Gasteiger partial charge in [-0.3, -0.25) is 9.78 Å². The van der Waals surface area contributed by atoms with Gasteiger partial charge in [0.15, 0.2) is 0 Å². The molecule has 7 heteroatoms. The molecule has 2 atom stereocenters. The normalized spacial score (nSPS) is 12.8. The number of nitrogens with one attached hydrogen (secondary N) is 3. The molecule has 0 aliphatic rings. The van der Waals surface area contributed by atoms with E-state index in [9.17, 15) is 4.79 Å². The Hall–Kier alpha value is -3.03. The first-order valence-electron chi connectivity index (χ1n) is 10.3. The van der Waals surface area contributed by atoms with Gasteiger partial charge in [-0.05, 0) is 40.9 Å². The Morgan fingerprint density at radius 1 is 0.900 bits per heavy atom. The molecule has 2 heterocycles. The Kier molecular flexibility index (Phi) is 8.11. The zero-order chi connectivity index (χ0) is 21.2. The molecule has 3 rings (SSSR count). The third-order valence-electron chi connectivity index (χ3n) is 4.81. The number of benzene rings is 1. The Morgan fingerprint density at radius 2 is 1.57 bits per heavy atom. The highest BCUT2D eigenvalue weighted by Gasteiger charge is 2.21. The van der Waals surface area contributed by atoms with Gasteiger partial charge in [-0.25, -0.2) is 4.98 Å². The molecule has 0 aliphatic carbocycles. The molecule has 0 spiro atoms. The molecular formula is C23H29N5OSi. The van der Waals surface area contributed by atoms with E-state index in [0.29, 0.717) is 25.2 Å². The predicted octanol–water partition coefficient (Wildman–Crippen LogP) is 2.04. The zero-order valence-electron chi connectivity index (χ0n) is 17.5. The van der Waals surface area contributed by atoms with Crippen LogP contribution >= 0.6 is 0 Å². The molecule has 1 amide bonds. The van der Waals surface area contributed by atoms with E-state index in [4.69, 9.17) is 0 Å². The SMILES string of the molecule is CC([SiH3])[C@H](NCc1ccccn1)C(=O)NCc1ccc(CNc2ccccn2)cc1. The zero-order valence-corrected chi connectivity index (χ0v) is 19.5. The van der Waals surface area contributed by atoms with Crippen LogP contribution in [0.5, 0.6) is 0 Å². The van der Waals surface area contributed by atoms with Crippen LogP contribution in [0.15, 0.2) is 73.1 Å². The van der Waals surface area contributed by atoms with Gasteiger partial charge < -0.3 is 16.0 Å². The molecule has 0 fully saturated rings. The molecule has 1 unspecified atom stereocenters. The Morgan fingerprint density at radius 3 is 2.17 bits per heavy atom. The average Bonchev–Trinajstić information content (AvgIpc) is 2.78. The van der Waals surface area contributed by atoms with Crippen molar-refractivity contribution in [2.45, 2.75) is 38.1 Å². The quantitative estimate of drug-likeness (QED) is 0.438. The summed E-state index contributed by atoms with van der Waals surface area (Å²) in [6.45, 7) is 3.92. The summed E-state index contributed by atoms with van der Waals surface area (Å²) in [6, 6.07) is 19.7. The lowest BCUT2D eigenvalue weighted by molar-refractivity contribution is -0.123. The highest BCUT2D eigenvalue weighted by atomic mass is 28.1. The molecule has 0 saturated carbocycles. The van der Waals surface area contributed by atoms with E-state index in [1.165, 1.54) is 5.56 Å². The van der Waals surface area contributed by atoms with Gasteiger partial charge in [-0.15, -0.1) is 0 Å². The molecule has 1 aromatic carbocycles. The average molecular weight is 420 g/mol. The van der Waals surface area contributed by atoms with E-state index in [1.807, 2.05) is 36.4 Å². The smallest absolute Gasteiger partial charge is 0.237 e. The molecule has 0 bridgehead atoms. The fourth-order valence-electron chi connectivity index (χ4n) is 3.08. The summed E-state index contributed by atoms with van der Waals surface area (Å²) in [5.41, 5.74) is 3.49. The minimum atomic E-state index is -0.208. The van der Waals surface area contributed by atoms with Crippen LogP contribution in [0.1, 0.15) is 23.7 Å². The van der Waals surface area contributed by atoms with Gasteiger partial charge in [0.1, 0.15) is 5.82 Å². The molecule has 0 saturated heterocycles. The van der Waals surface area contributed by atoms with Crippen molar-refractivity contribution in [3.8, 4) is 0 Å². The number of aromatic nitrogens is 2. The molecule has 3 aromatic rings. The number of carbonyl (C=O) groups excluding carboxylic acids is 1. The molecule has 2 aromatic heterocycles. The van der Waals surface area contributed by atoms with Crippen molar-refractivity contribution in [2.24, 2.45) is 0 Å². The molecule has 30 heavy (non-hydrogen) atoms. The summed E-state index contributed by atoms with van der Waals surface area (Å²) >= 11 is 0. The second-order valence-electron chi connectivity index (χ2n) is 7.53. The van der Waals surface area contributed by atoms with E-state index in [2.05, 4.69) is 57.1 Å². The summed E-state index contributed by atoms with van der Waals surface area (Å²) in [7, 11) is 0.936. The van der Waals surface area contributed by atoms with E-state index in [-0.39, 0.29) is 11.9 Å². The number of carbonyl (C=O) groups is 1. The lowest BCUT2D eigenvalue weighted by Crippen LogP contribution is -2.46. The Labute approximate surface area is 181 Å². The van der Waals surface area contributed by atoms with Gasteiger partial charge in [0.2, 0.25) is 5.91 Å². The van der Waals surface area contributed by atoms with Crippen LogP contribution in [0, 0.1) is 0 Å². The summed E-state index contributed by atoms with van der Waals surface area (Å²) in [5.74, 6) is 0.893. The minimum absolute atomic E-state index is 0.0364. The van der Waals surface area contributed by atoms with Crippen molar-refractivity contribution >= 4 is 22.0 Å². The second-order valence-corrected chi connectivity index (χ2v) is 9.35. The number of pyridine rings is 2. The van der Waals surface area contributed by atoms with E-state index in [1.54, 1.807) is 12.4 Å². The van der Waals surface area contributed by atoms with Crippen molar-refractivity contribution in [2.75, 3.05) is 5.32 Å². The summed E-state index contributed by atoms with van der Waals surface area (Å²) in [5, 5.41) is 9.72. The third kappa shape index (κ3) is 6.79. The highest BCUT2D eigenvalue weighted by Crippen LogP contribution is 2.10. The van der Waals surface area contributed by atoms with Crippen LogP contribution < -0.4 is 16.0 Å². The van der Waals surface area contributed by atoms with Crippen LogP contribution in [0.2, 0.25) is 5.54 Å². The highest BCUT2D eigenvalue weighted by molar-refractivity contribution is 6.14. The van der Waals surface area contributed by atoms with Gasteiger partial charge in [0, 0.05) is 42.3 Å². The van der Waals surface area contributed by atoms with Gasteiger partial charge in [-0.1, -0.05) is 43.3 Å². The molecular weight excluding hydrogens is 390 g/mol. The van der Waals surface area contributed by atoms with E-state index >= 15 is 0 Å². The number of amides is 1. The van der Waals surface area contributed by atoms with E-state index < -0.39 is 0 Å². The topological polar surface area (TPSA) is 78.9 Å². The van der Waals surface area contributed by atoms with Crippen LogP contribution in [0.25, 0.3) is 0 Å². The first kappa shape index (κ1) is 21.7. The van der Waals surface area contributed by atoms with Crippen LogP contribution in [-0.4, -0.2) is 32.2 Å². The van der Waals surface area contributed by atoms with Gasteiger partial charge in [-0.2, -0.15) is 0 Å². The largest absolute Gasteiger partial charge is 0.366 e. The van der Waals surface area contributed by atoms with Gasteiger partial charge in [0.25, 0.3) is 0 Å². The second kappa shape index (κ2) is 11.2. The molecule has 0 radical (unpaired) electrons. The molecule has 6 nitrogen and oxygen atoms in total. The maximum atomic E-state index is 12.7. The van der Waals surface area contributed by atoms with Crippen molar-refractivity contribution in [1.29, 1.82) is 0 Å². The number of nitrogens with zero attached hydrogens (tertiary/aromatic N) is 2. The molecule has 3 N–H and O–H groups in total. The maximum Gasteiger partial charge on any atom is 0.237 e. The van der Waals surface area contributed by atoms with Gasteiger partial charge in [0.05, 0.1) is 11.7 Å². The summed E-state index contributed by atoms with van der Waals surface area (Å²) < 4.78 is 0. The van der Waals surface area contributed by atoms with E-state index in [0.717, 1.165) is 27.3 Å². The fraction of sp³-hybridized carbons (Fsp3) is 0.261. The van der Waals surface area contributed by atoms with Crippen LogP contribution in [0.4, 0.5) is 5.82 Å². The van der Waals surface area contributed by atoms with Crippen molar-refractivity contribution in [3.63, 3.8) is 0 Å².